The molecule has 0 atom stereocenters. The van der Waals surface area contributed by atoms with Gasteiger partial charge in [0.05, 0.1) is 19.3 Å². The molecule has 2 aromatic heterocycles. The van der Waals surface area contributed by atoms with E-state index in [-0.39, 0.29) is 12.1 Å². The number of aromatic amines is 1. The van der Waals surface area contributed by atoms with Crippen LogP contribution in [0.5, 0.6) is 5.75 Å². The van der Waals surface area contributed by atoms with Crippen LogP contribution in [-0.4, -0.2) is 27.6 Å². The van der Waals surface area contributed by atoms with Gasteiger partial charge in [0.2, 0.25) is 0 Å². The molecule has 2 N–H and O–H groups in total. The Bertz CT molecular complexity index is 1050. The molecule has 0 saturated carbocycles. The van der Waals surface area contributed by atoms with Gasteiger partial charge in [-0.15, -0.1) is 11.3 Å². The van der Waals surface area contributed by atoms with Crippen LogP contribution in [0.15, 0.2) is 45.4 Å². The number of rotatable bonds is 5. The Hall–Kier alpha value is -3.20. The number of ether oxygens (including phenoxy) is 1. The summed E-state index contributed by atoms with van der Waals surface area (Å²) in [7, 11) is 2.91. The average Bonchev–Trinajstić information content (AvgIpc) is 3.13. The van der Waals surface area contributed by atoms with Crippen LogP contribution in [0.3, 0.4) is 0 Å². The minimum Gasteiger partial charge on any atom is -0.497 e. The molecule has 26 heavy (non-hydrogen) atoms. The predicted octanol–water partition coefficient (Wildman–Crippen LogP) is 1.14. The summed E-state index contributed by atoms with van der Waals surface area (Å²) in [5, 5.41) is 5.29. The van der Waals surface area contributed by atoms with E-state index in [4.69, 9.17) is 4.74 Å². The number of amides is 1. The van der Waals surface area contributed by atoms with Gasteiger partial charge in [0.15, 0.2) is 0 Å². The van der Waals surface area contributed by atoms with E-state index in [1.165, 1.54) is 18.4 Å². The van der Waals surface area contributed by atoms with Crippen LogP contribution in [0, 0.1) is 0 Å². The van der Waals surface area contributed by atoms with Crippen molar-refractivity contribution >= 4 is 17.2 Å². The molecule has 8 nitrogen and oxygen atoms in total. The van der Waals surface area contributed by atoms with Crippen LogP contribution in [0.1, 0.15) is 16.1 Å². The molecule has 134 valence electrons. The maximum absolute atomic E-state index is 12.2. The fourth-order valence-electron chi connectivity index (χ4n) is 2.25. The lowest BCUT2D eigenvalue weighted by Crippen LogP contribution is -2.38. The molecule has 3 aromatic rings. The predicted molar refractivity (Wildman–Crippen MR) is 97.6 cm³/mol. The van der Waals surface area contributed by atoms with E-state index in [9.17, 15) is 14.4 Å². The third-order valence-corrected chi connectivity index (χ3v) is 4.68. The van der Waals surface area contributed by atoms with Gasteiger partial charge in [0.1, 0.15) is 16.3 Å². The Morgan fingerprint density at radius 1 is 1.31 bits per heavy atom. The van der Waals surface area contributed by atoms with E-state index in [2.05, 4.69) is 15.3 Å². The number of methoxy groups -OCH3 is 1. The molecule has 0 aliphatic rings. The number of H-pyrrole nitrogens is 1. The first-order chi connectivity index (χ1) is 12.5. The first-order valence-corrected chi connectivity index (χ1v) is 8.53. The zero-order valence-electron chi connectivity index (χ0n) is 14.1. The summed E-state index contributed by atoms with van der Waals surface area (Å²) >= 11 is 1.45. The molecule has 0 aliphatic carbocycles. The first kappa shape index (κ1) is 17.6. The van der Waals surface area contributed by atoms with E-state index >= 15 is 0 Å². The lowest BCUT2D eigenvalue weighted by molar-refractivity contribution is 0.0948. The number of hydrogen-bond donors (Lipinski definition) is 2. The fourth-order valence-corrected chi connectivity index (χ4v) is 3.07. The third-order valence-electron chi connectivity index (χ3n) is 3.74. The number of carbonyl (C=O) groups is 1. The summed E-state index contributed by atoms with van der Waals surface area (Å²) in [5.74, 6) is 0.195. The normalized spacial score (nSPS) is 10.5. The summed E-state index contributed by atoms with van der Waals surface area (Å²) in [6.45, 7) is 0.174. The lowest BCUT2D eigenvalue weighted by Gasteiger charge is -2.04. The second kappa shape index (κ2) is 7.36. The van der Waals surface area contributed by atoms with Crippen molar-refractivity contribution in [2.75, 3.05) is 7.11 Å². The molecule has 9 heteroatoms. The highest BCUT2D eigenvalue weighted by Crippen LogP contribution is 2.25. The van der Waals surface area contributed by atoms with Crippen molar-refractivity contribution in [2.24, 2.45) is 7.05 Å². The standard InChI is InChI=1S/C17H16N4O4S/c1-21-16(23)13(8-19-17(21)24)14(22)18-7-11-9-26-15(20-11)10-3-5-12(25-2)6-4-10/h3-6,8-9H,7H2,1-2H3,(H,18,22)(H,19,24). The Morgan fingerprint density at radius 3 is 2.73 bits per heavy atom. The summed E-state index contributed by atoms with van der Waals surface area (Å²) in [5.41, 5.74) is 0.273. The molecular formula is C17H16N4O4S. The minimum atomic E-state index is -0.650. The molecule has 1 amide bonds. The van der Waals surface area contributed by atoms with Crippen LogP contribution in [0.25, 0.3) is 10.6 Å². The molecule has 0 spiro atoms. The van der Waals surface area contributed by atoms with Crippen molar-refractivity contribution in [2.45, 2.75) is 6.54 Å². The quantitative estimate of drug-likeness (QED) is 0.698. The second-order valence-electron chi connectivity index (χ2n) is 5.43. The number of carbonyl (C=O) groups excluding carboxylic acids is 1. The van der Waals surface area contributed by atoms with Crippen molar-refractivity contribution in [1.29, 1.82) is 0 Å². The van der Waals surface area contributed by atoms with Crippen LogP contribution in [-0.2, 0) is 13.6 Å². The van der Waals surface area contributed by atoms with Gasteiger partial charge in [0, 0.05) is 24.2 Å². The first-order valence-electron chi connectivity index (χ1n) is 7.65. The summed E-state index contributed by atoms with van der Waals surface area (Å²) in [6, 6.07) is 7.52. The van der Waals surface area contributed by atoms with Gasteiger partial charge in [0.25, 0.3) is 11.5 Å². The Kier molecular flexibility index (Phi) is 4.99. The maximum Gasteiger partial charge on any atom is 0.328 e. The molecule has 0 aliphatic heterocycles. The lowest BCUT2D eigenvalue weighted by atomic mass is 10.2. The number of thiazole rings is 1. The van der Waals surface area contributed by atoms with E-state index in [0.717, 1.165) is 27.1 Å². The number of nitrogens with zero attached hydrogens (tertiary/aromatic N) is 2. The van der Waals surface area contributed by atoms with E-state index < -0.39 is 17.2 Å². The highest BCUT2D eigenvalue weighted by atomic mass is 32.1. The summed E-state index contributed by atoms with van der Waals surface area (Å²) in [4.78, 5) is 42.3. The van der Waals surface area contributed by atoms with Crippen molar-refractivity contribution in [3.05, 3.63) is 67.9 Å². The highest BCUT2D eigenvalue weighted by molar-refractivity contribution is 7.13. The fraction of sp³-hybridized carbons (Fsp3) is 0.176. The third kappa shape index (κ3) is 3.57. The average molecular weight is 372 g/mol. The Labute approximate surface area is 152 Å². The van der Waals surface area contributed by atoms with Crippen molar-refractivity contribution < 1.29 is 9.53 Å². The molecule has 2 heterocycles. The molecule has 0 radical (unpaired) electrons. The summed E-state index contributed by atoms with van der Waals surface area (Å²) < 4.78 is 5.98. The van der Waals surface area contributed by atoms with Crippen LogP contribution >= 0.6 is 11.3 Å². The van der Waals surface area contributed by atoms with Crippen LogP contribution in [0.2, 0.25) is 0 Å². The van der Waals surface area contributed by atoms with Gasteiger partial charge in [-0.05, 0) is 24.3 Å². The van der Waals surface area contributed by atoms with Gasteiger partial charge in [-0.25, -0.2) is 9.78 Å². The number of benzene rings is 1. The van der Waals surface area contributed by atoms with E-state index in [1.54, 1.807) is 7.11 Å². The molecule has 0 saturated heterocycles. The van der Waals surface area contributed by atoms with Gasteiger partial charge < -0.3 is 15.0 Å². The van der Waals surface area contributed by atoms with E-state index in [1.807, 2.05) is 29.6 Å². The van der Waals surface area contributed by atoms with Gasteiger partial charge in [-0.3, -0.25) is 14.2 Å². The van der Waals surface area contributed by atoms with Crippen molar-refractivity contribution in [1.82, 2.24) is 19.9 Å². The summed E-state index contributed by atoms with van der Waals surface area (Å²) in [6.07, 6.45) is 1.11. The Morgan fingerprint density at radius 2 is 2.04 bits per heavy atom. The van der Waals surface area contributed by atoms with Gasteiger partial charge >= 0.3 is 5.69 Å². The number of hydrogen-bond acceptors (Lipinski definition) is 6. The molecule has 0 fully saturated rings. The van der Waals surface area contributed by atoms with Gasteiger partial charge in [-0.2, -0.15) is 0 Å². The van der Waals surface area contributed by atoms with Gasteiger partial charge in [-0.1, -0.05) is 0 Å². The maximum atomic E-state index is 12.2. The SMILES string of the molecule is COc1ccc(-c2nc(CNC(=O)c3c[nH]c(=O)n(C)c3=O)cs2)cc1. The zero-order chi connectivity index (χ0) is 18.7. The second-order valence-corrected chi connectivity index (χ2v) is 6.28. The topological polar surface area (TPSA) is 106 Å². The largest absolute Gasteiger partial charge is 0.497 e. The van der Waals surface area contributed by atoms with Crippen LogP contribution in [0.4, 0.5) is 0 Å². The monoisotopic (exact) mass is 372 g/mol. The van der Waals surface area contributed by atoms with Crippen LogP contribution < -0.4 is 21.3 Å². The number of nitrogens with one attached hydrogen (secondary N) is 2. The zero-order valence-corrected chi connectivity index (χ0v) is 14.9. The van der Waals surface area contributed by atoms with E-state index in [0.29, 0.717) is 5.69 Å². The molecule has 0 unspecified atom stereocenters. The molecule has 0 bridgehead atoms. The molecular weight excluding hydrogens is 356 g/mol. The smallest absolute Gasteiger partial charge is 0.328 e. The number of aromatic nitrogens is 3. The molecule has 3 rings (SSSR count). The molecule has 1 aromatic carbocycles. The minimum absolute atomic E-state index is 0.127. The van der Waals surface area contributed by atoms with Crippen molar-refractivity contribution in [3.63, 3.8) is 0 Å². The highest BCUT2D eigenvalue weighted by Gasteiger charge is 2.13. The van der Waals surface area contributed by atoms with Crippen molar-refractivity contribution in [3.8, 4) is 16.3 Å². The Balaban J connectivity index is 1.70.